The molecule has 0 spiro atoms. The molecule has 1 unspecified atom stereocenters. The van der Waals surface area contributed by atoms with Gasteiger partial charge < -0.3 is 15.5 Å². The van der Waals surface area contributed by atoms with Gasteiger partial charge in [-0.15, -0.1) is 0 Å². The van der Waals surface area contributed by atoms with Crippen molar-refractivity contribution in [2.45, 2.75) is 59.2 Å². The van der Waals surface area contributed by atoms with E-state index in [0.29, 0.717) is 12.1 Å². The number of hydrogen-bond acceptors (Lipinski definition) is 6. The van der Waals surface area contributed by atoms with Crippen LogP contribution >= 0.6 is 0 Å². The summed E-state index contributed by atoms with van der Waals surface area (Å²) in [5.74, 6) is 0.830. The second-order valence-corrected chi connectivity index (χ2v) is 7.83. The van der Waals surface area contributed by atoms with Gasteiger partial charge in [-0.3, -0.25) is 9.48 Å². The molecule has 0 aliphatic carbocycles. The maximum absolute atomic E-state index is 12.0. The summed E-state index contributed by atoms with van der Waals surface area (Å²) in [6.45, 7) is 12.1. The fraction of sp³-hybridized carbons (Fsp3) is 0.600. The van der Waals surface area contributed by atoms with E-state index in [1.807, 2.05) is 24.7 Å². The molecular formula is C20H31N7O. The number of amides is 1. The normalized spacial score (nSPS) is 18.0. The molecule has 3 rings (SSSR count). The third kappa shape index (κ3) is 4.16. The Hall–Kier alpha value is -2.48. The summed E-state index contributed by atoms with van der Waals surface area (Å²) < 4.78 is 1.99. The summed E-state index contributed by atoms with van der Waals surface area (Å²) in [6, 6.07) is 0.948. The van der Waals surface area contributed by atoms with Crippen molar-refractivity contribution in [3.63, 3.8) is 0 Å². The minimum atomic E-state index is -0.256. The zero-order valence-electron chi connectivity index (χ0n) is 17.7. The molecule has 0 radical (unpaired) electrons. The number of carbonyl (C=O) groups excluding carboxylic acids is 1. The van der Waals surface area contributed by atoms with Crippen molar-refractivity contribution in [3.8, 4) is 0 Å². The third-order valence-electron chi connectivity index (χ3n) is 5.42. The van der Waals surface area contributed by atoms with Gasteiger partial charge in [0.25, 0.3) is 5.91 Å². The maximum Gasteiger partial charge on any atom is 0.288 e. The van der Waals surface area contributed by atoms with Gasteiger partial charge in [-0.1, -0.05) is 0 Å². The molecule has 0 aromatic carbocycles. The fourth-order valence-corrected chi connectivity index (χ4v) is 3.53. The highest BCUT2D eigenvalue weighted by Crippen LogP contribution is 2.25. The Bertz CT molecular complexity index is 845. The Morgan fingerprint density at radius 2 is 2.00 bits per heavy atom. The number of nitrogens with one attached hydrogen (secondary N) is 2. The van der Waals surface area contributed by atoms with E-state index >= 15 is 0 Å². The monoisotopic (exact) mass is 385 g/mol. The van der Waals surface area contributed by atoms with E-state index < -0.39 is 0 Å². The highest BCUT2D eigenvalue weighted by molar-refractivity contribution is 5.90. The SMILES string of the molecule is CNC(=O)c1nc(C)c(C)c(N2CC[C@@H](NC(C)c3cnn(C(C)C)c3)C2)n1. The number of nitrogens with zero attached hydrogens (tertiary/aromatic N) is 5. The fourth-order valence-electron chi connectivity index (χ4n) is 3.53. The van der Waals surface area contributed by atoms with Crippen molar-refractivity contribution in [2.24, 2.45) is 0 Å². The number of hydrogen-bond donors (Lipinski definition) is 2. The van der Waals surface area contributed by atoms with E-state index in [1.165, 1.54) is 5.56 Å². The largest absolute Gasteiger partial charge is 0.355 e. The molecule has 2 aromatic rings. The summed E-state index contributed by atoms with van der Waals surface area (Å²) in [6.07, 6.45) is 5.08. The average molecular weight is 386 g/mol. The molecule has 2 N–H and O–H groups in total. The molecule has 1 fully saturated rings. The Kier molecular flexibility index (Phi) is 5.98. The van der Waals surface area contributed by atoms with E-state index in [2.05, 4.69) is 57.6 Å². The van der Waals surface area contributed by atoms with E-state index in [0.717, 1.165) is 36.6 Å². The second kappa shape index (κ2) is 8.26. The third-order valence-corrected chi connectivity index (χ3v) is 5.42. The first kappa shape index (κ1) is 20.3. The first-order valence-corrected chi connectivity index (χ1v) is 9.92. The van der Waals surface area contributed by atoms with Crippen LogP contribution in [0.2, 0.25) is 0 Å². The Morgan fingerprint density at radius 1 is 1.25 bits per heavy atom. The number of aryl methyl sites for hydroxylation is 1. The van der Waals surface area contributed by atoms with Crippen molar-refractivity contribution in [2.75, 3.05) is 25.0 Å². The number of rotatable bonds is 6. The van der Waals surface area contributed by atoms with Gasteiger partial charge in [-0.2, -0.15) is 5.10 Å². The van der Waals surface area contributed by atoms with Crippen molar-refractivity contribution in [1.29, 1.82) is 0 Å². The van der Waals surface area contributed by atoms with Gasteiger partial charge in [-0.05, 0) is 41.0 Å². The molecule has 1 aliphatic heterocycles. The smallest absolute Gasteiger partial charge is 0.288 e. The molecule has 0 saturated carbocycles. The molecule has 8 heteroatoms. The predicted octanol–water partition coefficient (Wildman–Crippen LogP) is 2.16. The molecule has 28 heavy (non-hydrogen) atoms. The highest BCUT2D eigenvalue weighted by Gasteiger charge is 2.27. The van der Waals surface area contributed by atoms with Gasteiger partial charge in [0.05, 0.1) is 6.20 Å². The molecule has 3 heterocycles. The standard InChI is InChI=1S/C20H31N7O/c1-12(2)27-10-16(9-22-27)15(5)23-17-7-8-26(11-17)19-13(3)14(4)24-18(25-19)20(28)21-6/h9-10,12,15,17,23H,7-8,11H2,1-6H3,(H,21,28)/t15?,17-/m1/s1. The van der Waals surface area contributed by atoms with Crippen molar-refractivity contribution < 1.29 is 4.79 Å². The summed E-state index contributed by atoms with van der Waals surface area (Å²) in [5, 5.41) is 10.8. The molecule has 8 nitrogen and oxygen atoms in total. The number of anilines is 1. The van der Waals surface area contributed by atoms with E-state index in [-0.39, 0.29) is 17.8 Å². The minimum absolute atomic E-state index is 0.228. The van der Waals surface area contributed by atoms with Crippen molar-refractivity contribution in [3.05, 3.63) is 35.0 Å². The lowest BCUT2D eigenvalue weighted by atomic mass is 10.1. The molecule has 1 saturated heterocycles. The van der Waals surface area contributed by atoms with E-state index in [4.69, 9.17) is 0 Å². The first-order chi connectivity index (χ1) is 13.3. The summed E-state index contributed by atoms with van der Waals surface area (Å²) >= 11 is 0. The number of aromatic nitrogens is 4. The van der Waals surface area contributed by atoms with Crippen LogP contribution in [-0.4, -0.2) is 51.8 Å². The van der Waals surface area contributed by atoms with E-state index in [1.54, 1.807) is 7.05 Å². The van der Waals surface area contributed by atoms with Crippen LogP contribution in [0.4, 0.5) is 5.82 Å². The van der Waals surface area contributed by atoms with Gasteiger partial charge >= 0.3 is 0 Å². The lowest BCUT2D eigenvalue weighted by Gasteiger charge is -2.22. The van der Waals surface area contributed by atoms with Crippen LogP contribution in [0.3, 0.4) is 0 Å². The van der Waals surface area contributed by atoms with Gasteiger partial charge in [0.2, 0.25) is 5.82 Å². The summed E-state index contributed by atoms with van der Waals surface area (Å²) in [4.78, 5) is 23.1. The van der Waals surface area contributed by atoms with E-state index in [9.17, 15) is 4.79 Å². The predicted molar refractivity (Wildman–Crippen MR) is 110 cm³/mol. The quantitative estimate of drug-likeness (QED) is 0.792. The van der Waals surface area contributed by atoms with Crippen LogP contribution in [0, 0.1) is 13.8 Å². The first-order valence-electron chi connectivity index (χ1n) is 9.92. The Balaban J connectivity index is 1.69. The van der Waals surface area contributed by atoms with Gasteiger partial charge in [0, 0.05) is 61.3 Å². The average Bonchev–Trinajstić information content (AvgIpc) is 3.33. The molecule has 0 bridgehead atoms. The summed E-state index contributed by atoms with van der Waals surface area (Å²) in [7, 11) is 1.60. The molecule has 152 valence electrons. The van der Waals surface area contributed by atoms with Crippen LogP contribution in [0.5, 0.6) is 0 Å². The van der Waals surface area contributed by atoms with Crippen LogP contribution in [0.25, 0.3) is 0 Å². The molecule has 1 aliphatic rings. The maximum atomic E-state index is 12.0. The highest BCUT2D eigenvalue weighted by atomic mass is 16.2. The zero-order chi connectivity index (χ0) is 20.4. The lowest BCUT2D eigenvalue weighted by Crippen LogP contribution is -2.35. The Morgan fingerprint density at radius 3 is 2.64 bits per heavy atom. The van der Waals surface area contributed by atoms with Gasteiger partial charge in [0.15, 0.2) is 0 Å². The molecule has 2 aromatic heterocycles. The second-order valence-electron chi connectivity index (χ2n) is 7.83. The van der Waals surface area contributed by atoms with Gasteiger partial charge in [-0.25, -0.2) is 9.97 Å². The van der Waals surface area contributed by atoms with Crippen molar-refractivity contribution in [1.82, 2.24) is 30.4 Å². The molecular weight excluding hydrogens is 354 g/mol. The topological polar surface area (TPSA) is 88.0 Å². The molecule has 2 atom stereocenters. The van der Waals surface area contributed by atoms with Gasteiger partial charge in [0.1, 0.15) is 5.82 Å². The van der Waals surface area contributed by atoms with Crippen LogP contribution < -0.4 is 15.5 Å². The Labute approximate surface area is 166 Å². The van der Waals surface area contributed by atoms with Crippen LogP contribution in [0.15, 0.2) is 12.4 Å². The zero-order valence-corrected chi connectivity index (χ0v) is 17.7. The number of carbonyl (C=O) groups is 1. The minimum Gasteiger partial charge on any atom is -0.355 e. The lowest BCUT2D eigenvalue weighted by molar-refractivity contribution is 0.0952. The summed E-state index contributed by atoms with van der Waals surface area (Å²) in [5.41, 5.74) is 3.07. The van der Waals surface area contributed by atoms with Crippen LogP contribution in [0.1, 0.15) is 66.7 Å². The van der Waals surface area contributed by atoms with Crippen LogP contribution in [-0.2, 0) is 0 Å². The molecule has 1 amide bonds. The van der Waals surface area contributed by atoms with Crippen molar-refractivity contribution >= 4 is 11.7 Å².